The number of piperidine rings is 1. The lowest BCUT2D eigenvalue weighted by Crippen LogP contribution is -2.40. The fourth-order valence-electron chi connectivity index (χ4n) is 2.85. The van der Waals surface area contributed by atoms with Crippen molar-refractivity contribution in [2.45, 2.75) is 19.3 Å². The summed E-state index contributed by atoms with van der Waals surface area (Å²) in [5.41, 5.74) is 7.55. The highest BCUT2D eigenvalue weighted by Gasteiger charge is 2.22. The van der Waals surface area contributed by atoms with E-state index < -0.39 is 0 Å². The molecule has 5 heteroatoms. The van der Waals surface area contributed by atoms with E-state index in [9.17, 15) is 4.79 Å². The maximum Gasteiger partial charge on any atom is 0.227 e. The molecule has 2 aromatic heterocycles. The number of nitrogens with zero attached hydrogens (tertiary/aromatic N) is 2. The van der Waals surface area contributed by atoms with E-state index in [1.165, 1.54) is 0 Å². The SMILES string of the molecule is NCC1CCN(C(=O)Cc2c[nH]c3ncccc23)CC1. The molecule has 1 aliphatic heterocycles. The molecule has 0 bridgehead atoms. The maximum atomic E-state index is 12.4. The third-order valence-electron chi connectivity index (χ3n) is 4.18. The van der Waals surface area contributed by atoms with E-state index in [1.807, 2.05) is 23.2 Å². The lowest BCUT2D eigenvalue weighted by Gasteiger charge is -2.31. The van der Waals surface area contributed by atoms with Crippen LogP contribution >= 0.6 is 0 Å². The largest absolute Gasteiger partial charge is 0.346 e. The van der Waals surface area contributed by atoms with E-state index in [4.69, 9.17) is 5.73 Å². The highest BCUT2D eigenvalue weighted by molar-refractivity contribution is 5.87. The number of nitrogens with two attached hydrogens (primary N) is 1. The zero-order chi connectivity index (χ0) is 13.9. The quantitative estimate of drug-likeness (QED) is 0.884. The second-order valence-electron chi connectivity index (χ2n) is 5.45. The van der Waals surface area contributed by atoms with Crippen molar-refractivity contribution in [3.05, 3.63) is 30.1 Å². The predicted molar refractivity (Wildman–Crippen MR) is 78.2 cm³/mol. The van der Waals surface area contributed by atoms with Gasteiger partial charge in [-0.2, -0.15) is 0 Å². The topological polar surface area (TPSA) is 75.0 Å². The molecule has 1 saturated heterocycles. The third kappa shape index (κ3) is 2.54. The van der Waals surface area contributed by atoms with Gasteiger partial charge >= 0.3 is 0 Å². The van der Waals surface area contributed by atoms with Crippen LogP contribution in [0.25, 0.3) is 11.0 Å². The Morgan fingerprint density at radius 2 is 2.25 bits per heavy atom. The molecule has 20 heavy (non-hydrogen) atoms. The van der Waals surface area contributed by atoms with Crippen molar-refractivity contribution in [1.29, 1.82) is 0 Å². The van der Waals surface area contributed by atoms with Gasteiger partial charge in [-0.3, -0.25) is 4.79 Å². The van der Waals surface area contributed by atoms with Crippen LogP contribution in [0.15, 0.2) is 24.5 Å². The second kappa shape index (κ2) is 5.63. The molecule has 1 amide bonds. The number of fused-ring (bicyclic) bond motifs is 1. The number of pyridine rings is 1. The molecule has 3 heterocycles. The van der Waals surface area contributed by atoms with Gasteiger partial charge in [-0.25, -0.2) is 4.98 Å². The summed E-state index contributed by atoms with van der Waals surface area (Å²) in [7, 11) is 0. The van der Waals surface area contributed by atoms with Crippen molar-refractivity contribution in [1.82, 2.24) is 14.9 Å². The number of aromatic nitrogens is 2. The van der Waals surface area contributed by atoms with E-state index in [-0.39, 0.29) is 5.91 Å². The number of H-pyrrole nitrogens is 1. The summed E-state index contributed by atoms with van der Waals surface area (Å²) in [5.74, 6) is 0.779. The molecule has 2 aromatic rings. The maximum absolute atomic E-state index is 12.4. The monoisotopic (exact) mass is 272 g/mol. The van der Waals surface area contributed by atoms with E-state index >= 15 is 0 Å². The molecular formula is C15H20N4O. The zero-order valence-corrected chi connectivity index (χ0v) is 11.5. The predicted octanol–water partition coefficient (Wildman–Crippen LogP) is 1.30. The van der Waals surface area contributed by atoms with Crippen LogP contribution in [0, 0.1) is 5.92 Å². The molecule has 0 aliphatic carbocycles. The fraction of sp³-hybridized carbons (Fsp3) is 0.467. The molecule has 0 spiro atoms. The van der Waals surface area contributed by atoms with Gasteiger partial charge in [0.1, 0.15) is 5.65 Å². The summed E-state index contributed by atoms with van der Waals surface area (Å²) in [5, 5.41) is 1.04. The van der Waals surface area contributed by atoms with Crippen molar-refractivity contribution in [3.63, 3.8) is 0 Å². The Morgan fingerprint density at radius 1 is 1.45 bits per heavy atom. The summed E-state index contributed by atoms with van der Waals surface area (Å²) in [6.07, 6.45) is 6.14. The van der Waals surface area contributed by atoms with Crippen LogP contribution in [0.2, 0.25) is 0 Å². The number of hydrogen-bond donors (Lipinski definition) is 2. The second-order valence-corrected chi connectivity index (χ2v) is 5.45. The first kappa shape index (κ1) is 13.1. The molecule has 3 rings (SSSR count). The normalized spacial score (nSPS) is 16.8. The Morgan fingerprint density at radius 3 is 3.00 bits per heavy atom. The fourth-order valence-corrected chi connectivity index (χ4v) is 2.85. The summed E-state index contributed by atoms with van der Waals surface area (Å²) in [6, 6.07) is 3.90. The van der Waals surface area contributed by atoms with Gasteiger partial charge in [0.2, 0.25) is 5.91 Å². The number of carbonyl (C=O) groups excluding carboxylic acids is 1. The lowest BCUT2D eigenvalue weighted by molar-refractivity contribution is -0.131. The van der Waals surface area contributed by atoms with Crippen molar-refractivity contribution >= 4 is 16.9 Å². The first-order valence-electron chi connectivity index (χ1n) is 7.16. The van der Waals surface area contributed by atoms with Crippen molar-refractivity contribution in [3.8, 4) is 0 Å². The van der Waals surface area contributed by atoms with Gasteiger partial charge in [0.05, 0.1) is 6.42 Å². The Hall–Kier alpha value is -1.88. The van der Waals surface area contributed by atoms with Gasteiger partial charge in [0, 0.05) is 30.9 Å². The van der Waals surface area contributed by atoms with Gasteiger partial charge < -0.3 is 15.6 Å². The third-order valence-corrected chi connectivity index (χ3v) is 4.18. The van der Waals surface area contributed by atoms with E-state index in [0.717, 1.165) is 49.1 Å². The highest BCUT2D eigenvalue weighted by Crippen LogP contribution is 2.20. The molecule has 0 radical (unpaired) electrons. The zero-order valence-electron chi connectivity index (χ0n) is 11.5. The molecular weight excluding hydrogens is 252 g/mol. The standard InChI is InChI=1S/C15H20N4O/c16-9-11-3-6-19(7-4-11)14(20)8-12-10-18-15-13(12)2-1-5-17-15/h1-2,5,10-11H,3-4,6-9,16H2,(H,17,18). The van der Waals surface area contributed by atoms with Crippen LogP contribution in [-0.4, -0.2) is 40.4 Å². The number of nitrogens with one attached hydrogen (secondary N) is 1. The number of amides is 1. The highest BCUT2D eigenvalue weighted by atomic mass is 16.2. The minimum atomic E-state index is 0.199. The van der Waals surface area contributed by atoms with E-state index in [0.29, 0.717) is 12.3 Å². The van der Waals surface area contributed by atoms with Gasteiger partial charge in [0.15, 0.2) is 0 Å². The van der Waals surface area contributed by atoms with Gasteiger partial charge in [-0.15, -0.1) is 0 Å². The van der Waals surface area contributed by atoms with Crippen LogP contribution in [0.5, 0.6) is 0 Å². The molecule has 5 nitrogen and oxygen atoms in total. The number of aromatic amines is 1. The summed E-state index contributed by atoms with van der Waals surface area (Å²) >= 11 is 0. The average molecular weight is 272 g/mol. The van der Waals surface area contributed by atoms with Crippen LogP contribution in [-0.2, 0) is 11.2 Å². The van der Waals surface area contributed by atoms with E-state index in [2.05, 4.69) is 9.97 Å². The lowest BCUT2D eigenvalue weighted by atomic mass is 9.96. The molecule has 0 saturated carbocycles. The smallest absolute Gasteiger partial charge is 0.227 e. The van der Waals surface area contributed by atoms with Crippen molar-refractivity contribution in [2.24, 2.45) is 11.7 Å². The summed E-state index contributed by atoms with van der Waals surface area (Å²) < 4.78 is 0. The van der Waals surface area contributed by atoms with Crippen molar-refractivity contribution in [2.75, 3.05) is 19.6 Å². The minimum Gasteiger partial charge on any atom is -0.346 e. The Labute approximate surface area is 118 Å². The van der Waals surface area contributed by atoms with Crippen LogP contribution in [0.3, 0.4) is 0 Å². The molecule has 0 unspecified atom stereocenters. The Kier molecular flexibility index (Phi) is 3.69. The Bertz CT molecular complexity index is 599. The van der Waals surface area contributed by atoms with Crippen molar-refractivity contribution < 1.29 is 4.79 Å². The molecule has 0 aromatic carbocycles. The number of likely N-dealkylation sites (tertiary alicyclic amines) is 1. The first-order chi connectivity index (χ1) is 9.78. The van der Waals surface area contributed by atoms with Crippen LogP contribution in [0.1, 0.15) is 18.4 Å². The molecule has 1 aliphatic rings. The minimum absolute atomic E-state index is 0.199. The van der Waals surface area contributed by atoms with Gasteiger partial charge in [0.25, 0.3) is 0 Å². The van der Waals surface area contributed by atoms with E-state index in [1.54, 1.807) is 6.20 Å². The van der Waals surface area contributed by atoms with Crippen LogP contribution < -0.4 is 5.73 Å². The van der Waals surface area contributed by atoms with Gasteiger partial charge in [-0.1, -0.05) is 0 Å². The molecule has 0 atom stereocenters. The summed E-state index contributed by atoms with van der Waals surface area (Å²) in [6.45, 7) is 2.40. The summed E-state index contributed by atoms with van der Waals surface area (Å²) in [4.78, 5) is 21.7. The number of rotatable bonds is 3. The molecule has 1 fully saturated rings. The number of carbonyl (C=O) groups is 1. The first-order valence-corrected chi connectivity index (χ1v) is 7.16. The molecule has 106 valence electrons. The Balaban J connectivity index is 1.67. The molecule has 3 N–H and O–H groups in total. The number of hydrogen-bond acceptors (Lipinski definition) is 3. The van der Waals surface area contributed by atoms with Gasteiger partial charge in [-0.05, 0) is 43.0 Å². The average Bonchev–Trinajstić information content (AvgIpc) is 2.91. The van der Waals surface area contributed by atoms with Crippen LogP contribution in [0.4, 0.5) is 0 Å².